The van der Waals surface area contributed by atoms with Gasteiger partial charge in [0.05, 0.1) is 0 Å². The Morgan fingerprint density at radius 3 is 2.00 bits per heavy atom. The zero-order chi connectivity index (χ0) is 12.7. The van der Waals surface area contributed by atoms with Gasteiger partial charge in [0.15, 0.2) is 0 Å². The van der Waals surface area contributed by atoms with E-state index in [1.54, 1.807) is 0 Å². The van der Waals surface area contributed by atoms with Gasteiger partial charge in [-0.2, -0.15) is 0 Å². The Morgan fingerprint density at radius 2 is 1.69 bits per heavy atom. The summed E-state index contributed by atoms with van der Waals surface area (Å²) in [6.07, 6.45) is 1.53. The van der Waals surface area contributed by atoms with E-state index < -0.39 is 5.97 Å². The lowest BCUT2D eigenvalue weighted by molar-refractivity contribution is -0.146. The van der Waals surface area contributed by atoms with Crippen LogP contribution in [0.25, 0.3) is 0 Å². The molecule has 0 aromatic carbocycles. The minimum absolute atomic E-state index is 0.0268. The van der Waals surface area contributed by atoms with E-state index in [1.165, 1.54) is 4.90 Å². The van der Waals surface area contributed by atoms with E-state index in [9.17, 15) is 9.59 Å². The second-order valence-corrected chi connectivity index (χ2v) is 4.52. The maximum atomic E-state index is 12.0. The molecule has 0 saturated carbocycles. The van der Waals surface area contributed by atoms with E-state index in [0.717, 1.165) is 12.8 Å². The molecule has 0 aliphatic heterocycles. The van der Waals surface area contributed by atoms with Crippen molar-refractivity contribution in [1.29, 1.82) is 0 Å². The normalized spacial score (nSPS) is 10.9. The van der Waals surface area contributed by atoms with E-state index in [-0.39, 0.29) is 24.3 Å². The number of carbonyl (C=O) groups excluding carboxylic acids is 1. The summed E-state index contributed by atoms with van der Waals surface area (Å²) in [5, 5.41) is 8.78. The number of hydrogen-bond donors (Lipinski definition) is 1. The Balaban J connectivity index is 4.59. The van der Waals surface area contributed by atoms with Gasteiger partial charge in [-0.3, -0.25) is 9.59 Å². The second kappa shape index (κ2) is 7.25. The average Bonchev–Trinajstić information content (AvgIpc) is 2.17. The molecule has 0 aromatic rings. The molecule has 0 aliphatic rings. The van der Waals surface area contributed by atoms with Crippen LogP contribution < -0.4 is 0 Å². The van der Waals surface area contributed by atoms with Crippen LogP contribution in [0.5, 0.6) is 0 Å². The van der Waals surface area contributed by atoms with Crippen LogP contribution in [-0.2, 0) is 9.59 Å². The van der Waals surface area contributed by atoms with Crippen molar-refractivity contribution in [3.8, 4) is 0 Å². The first-order valence-electron chi connectivity index (χ1n) is 5.92. The summed E-state index contributed by atoms with van der Waals surface area (Å²) >= 11 is 0. The molecule has 0 saturated heterocycles. The molecule has 0 aromatic heterocycles. The Hall–Kier alpha value is -1.06. The van der Waals surface area contributed by atoms with Gasteiger partial charge in [-0.1, -0.05) is 27.7 Å². The van der Waals surface area contributed by atoms with Crippen molar-refractivity contribution in [1.82, 2.24) is 4.90 Å². The largest absolute Gasteiger partial charge is 0.480 e. The third-order valence-corrected chi connectivity index (χ3v) is 2.56. The molecule has 94 valence electrons. The maximum Gasteiger partial charge on any atom is 0.323 e. The highest BCUT2D eigenvalue weighted by molar-refractivity contribution is 5.83. The van der Waals surface area contributed by atoms with Crippen LogP contribution in [0.2, 0.25) is 0 Å². The van der Waals surface area contributed by atoms with Crippen molar-refractivity contribution >= 4 is 11.9 Å². The Labute approximate surface area is 97.6 Å². The average molecular weight is 229 g/mol. The molecule has 0 spiro atoms. The van der Waals surface area contributed by atoms with Crippen molar-refractivity contribution < 1.29 is 14.7 Å². The van der Waals surface area contributed by atoms with Gasteiger partial charge in [0.2, 0.25) is 5.91 Å². The predicted molar refractivity (Wildman–Crippen MR) is 63.1 cm³/mol. The molecule has 0 fully saturated rings. The lowest BCUT2D eigenvalue weighted by Gasteiger charge is -2.26. The van der Waals surface area contributed by atoms with E-state index in [2.05, 4.69) is 0 Å². The minimum atomic E-state index is -0.944. The molecule has 0 atom stereocenters. The first kappa shape index (κ1) is 14.9. The fraction of sp³-hybridized carbons (Fsp3) is 0.833. The van der Waals surface area contributed by atoms with E-state index in [4.69, 9.17) is 5.11 Å². The van der Waals surface area contributed by atoms with Crippen molar-refractivity contribution in [3.63, 3.8) is 0 Å². The van der Waals surface area contributed by atoms with Crippen LogP contribution in [0, 0.1) is 11.8 Å². The van der Waals surface area contributed by atoms with Gasteiger partial charge in [0, 0.05) is 12.5 Å². The SMILES string of the molecule is CCC(CC)C(=O)N(CC(=O)O)CC(C)C. The second-order valence-electron chi connectivity index (χ2n) is 4.52. The van der Waals surface area contributed by atoms with Crippen LogP contribution >= 0.6 is 0 Å². The summed E-state index contributed by atoms with van der Waals surface area (Å²) in [7, 11) is 0. The summed E-state index contributed by atoms with van der Waals surface area (Å²) in [5.41, 5.74) is 0. The highest BCUT2D eigenvalue weighted by Crippen LogP contribution is 2.13. The van der Waals surface area contributed by atoms with Gasteiger partial charge in [-0.05, 0) is 18.8 Å². The summed E-state index contributed by atoms with van der Waals surface area (Å²) < 4.78 is 0. The molecule has 0 radical (unpaired) electrons. The summed E-state index contributed by atoms with van der Waals surface area (Å²) in [5.74, 6) is -0.725. The minimum Gasteiger partial charge on any atom is -0.480 e. The third kappa shape index (κ3) is 5.14. The first-order chi connectivity index (χ1) is 7.42. The van der Waals surface area contributed by atoms with Gasteiger partial charge < -0.3 is 10.0 Å². The van der Waals surface area contributed by atoms with Gasteiger partial charge >= 0.3 is 5.97 Å². The van der Waals surface area contributed by atoms with Crippen molar-refractivity contribution in [2.75, 3.05) is 13.1 Å². The first-order valence-corrected chi connectivity index (χ1v) is 5.92. The number of carboxylic acids is 1. The molecule has 1 N–H and O–H groups in total. The number of aliphatic carboxylic acids is 1. The third-order valence-electron chi connectivity index (χ3n) is 2.56. The highest BCUT2D eigenvalue weighted by atomic mass is 16.4. The monoisotopic (exact) mass is 229 g/mol. The van der Waals surface area contributed by atoms with E-state index in [0.29, 0.717) is 6.54 Å². The number of carbonyl (C=O) groups is 2. The van der Waals surface area contributed by atoms with Gasteiger partial charge in [0.1, 0.15) is 6.54 Å². The number of amides is 1. The van der Waals surface area contributed by atoms with Crippen LogP contribution in [0.3, 0.4) is 0 Å². The van der Waals surface area contributed by atoms with Crippen LogP contribution in [-0.4, -0.2) is 35.0 Å². The molecule has 0 aliphatic carbocycles. The number of hydrogen-bond acceptors (Lipinski definition) is 2. The number of carboxylic acid groups (broad SMARTS) is 1. The Kier molecular flexibility index (Phi) is 6.77. The Morgan fingerprint density at radius 1 is 1.19 bits per heavy atom. The van der Waals surface area contributed by atoms with Crippen LogP contribution in [0.15, 0.2) is 0 Å². The molecule has 4 nitrogen and oxygen atoms in total. The molecule has 16 heavy (non-hydrogen) atoms. The highest BCUT2D eigenvalue weighted by Gasteiger charge is 2.23. The maximum absolute atomic E-state index is 12.0. The van der Waals surface area contributed by atoms with Gasteiger partial charge in [0.25, 0.3) is 0 Å². The summed E-state index contributed by atoms with van der Waals surface area (Å²) in [6, 6.07) is 0. The number of nitrogens with zero attached hydrogens (tertiary/aromatic N) is 1. The smallest absolute Gasteiger partial charge is 0.323 e. The molecule has 0 heterocycles. The standard InChI is InChI=1S/C12H23NO3/c1-5-10(6-2)12(16)13(7-9(3)4)8-11(14)15/h9-10H,5-8H2,1-4H3,(H,14,15). The summed E-state index contributed by atoms with van der Waals surface area (Å²) in [6.45, 7) is 8.21. The molecular formula is C12H23NO3. The van der Waals surface area contributed by atoms with Gasteiger partial charge in [-0.25, -0.2) is 0 Å². The zero-order valence-electron chi connectivity index (χ0n) is 10.7. The van der Waals surface area contributed by atoms with Crippen molar-refractivity contribution in [2.24, 2.45) is 11.8 Å². The summed E-state index contributed by atoms with van der Waals surface area (Å²) in [4.78, 5) is 24.2. The molecule has 4 heteroatoms. The molecular weight excluding hydrogens is 206 g/mol. The fourth-order valence-electron chi connectivity index (χ4n) is 1.73. The van der Waals surface area contributed by atoms with E-state index in [1.807, 2.05) is 27.7 Å². The van der Waals surface area contributed by atoms with Crippen molar-refractivity contribution in [2.45, 2.75) is 40.5 Å². The quantitative estimate of drug-likeness (QED) is 0.726. The lowest BCUT2D eigenvalue weighted by Crippen LogP contribution is -2.41. The van der Waals surface area contributed by atoms with E-state index >= 15 is 0 Å². The topological polar surface area (TPSA) is 57.6 Å². The number of rotatable bonds is 7. The fourth-order valence-corrected chi connectivity index (χ4v) is 1.73. The van der Waals surface area contributed by atoms with Crippen LogP contribution in [0.4, 0.5) is 0 Å². The molecule has 0 unspecified atom stereocenters. The molecule has 0 bridgehead atoms. The predicted octanol–water partition coefficient (Wildman–Crippen LogP) is 1.99. The van der Waals surface area contributed by atoms with Crippen molar-refractivity contribution in [3.05, 3.63) is 0 Å². The van der Waals surface area contributed by atoms with Crippen LogP contribution in [0.1, 0.15) is 40.5 Å². The molecule has 0 rings (SSSR count). The lowest BCUT2D eigenvalue weighted by atomic mass is 10.0. The van der Waals surface area contributed by atoms with Gasteiger partial charge in [-0.15, -0.1) is 0 Å². The molecule has 1 amide bonds. The Bertz CT molecular complexity index is 234. The zero-order valence-corrected chi connectivity index (χ0v) is 10.7.